The van der Waals surface area contributed by atoms with Gasteiger partial charge in [0.2, 0.25) is 0 Å². The van der Waals surface area contributed by atoms with Crippen molar-refractivity contribution < 1.29 is 0 Å². The van der Waals surface area contributed by atoms with Crippen molar-refractivity contribution in [2.24, 2.45) is 5.92 Å². The third-order valence-corrected chi connectivity index (χ3v) is 3.01. The van der Waals surface area contributed by atoms with E-state index in [0.29, 0.717) is 0 Å². The third kappa shape index (κ3) is 3.67. The molecule has 0 aromatic rings. The maximum absolute atomic E-state index is 3.81. The van der Waals surface area contributed by atoms with Crippen molar-refractivity contribution >= 4 is 0 Å². The number of nitrogens with one attached hydrogen (secondary N) is 1. The van der Waals surface area contributed by atoms with Gasteiger partial charge in [0.15, 0.2) is 0 Å². The first-order chi connectivity index (χ1) is 6.88. The second-order valence-corrected chi connectivity index (χ2v) is 4.11. The molecular weight excluding hydrogens is 170 g/mol. The molecule has 0 bridgehead atoms. The van der Waals surface area contributed by atoms with E-state index in [1.165, 1.54) is 45.2 Å². The summed E-state index contributed by atoms with van der Waals surface area (Å²) in [7, 11) is 0. The van der Waals surface area contributed by atoms with E-state index >= 15 is 0 Å². The van der Waals surface area contributed by atoms with Gasteiger partial charge in [-0.05, 0) is 44.7 Å². The highest BCUT2D eigenvalue weighted by atomic mass is 14.9. The van der Waals surface area contributed by atoms with Crippen molar-refractivity contribution in [3.63, 3.8) is 0 Å². The number of allylic oxidation sites excluding steroid dienone is 3. The molecule has 1 N–H and O–H groups in total. The van der Waals surface area contributed by atoms with Gasteiger partial charge in [-0.15, -0.1) is 0 Å². The fourth-order valence-electron chi connectivity index (χ4n) is 2.15. The SMILES string of the molecule is C=C/C=C(\CCCC)C1CCNCC1. The van der Waals surface area contributed by atoms with Crippen molar-refractivity contribution in [1.82, 2.24) is 5.32 Å². The quantitative estimate of drug-likeness (QED) is 0.661. The molecule has 0 amide bonds. The van der Waals surface area contributed by atoms with Gasteiger partial charge in [0.05, 0.1) is 0 Å². The van der Waals surface area contributed by atoms with Crippen molar-refractivity contribution in [2.75, 3.05) is 13.1 Å². The molecule has 1 saturated heterocycles. The van der Waals surface area contributed by atoms with Crippen molar-refractivity contribution in [1.29, 1.82) is 0 Å². The summed E-state index contributed by atoms with van der Waals surface area (Å²) in [5, 5.41) is 3.41. The Bertz CT molecular complexity index is 187. The number of piperidine rings is 1. The zero-order valence-corrected chi connectivity index (χ0v) is 9.39. The fourth-order valence-corrected chi connectivity index (χ4v) is 2.15. The average molecular weight is 193 g/mol. The van der Waals surface area contributed by atoms with Crippen LogP contribution in [0.4, 0.5) is 0 Å². The van der Waals surface area contributed by atoms with Crippen LogP contribution in [-0.4, -0.2) is 13.1 Å². The first-order valence-corrected chi connectivity index (χ1v) is 5.90. The van der Waals surface area contributed by atoms with Crippen LogP contribution in [0.3, 0.4) is 0 Å². The van der Waals surface area contributed by atoms with Gasteiger partial charge in [-0.25, -0.2) is 0 Å². The molecule has 1 fully saturated rings. The van der Waals surface area contributed by atoms with E-state index in [4.69, 9.17) is 0 Å². The van der Waals surface area contributed by atoms with Gasteiger partial charge in [-0.3, -0.25) is 0 Å². The van der Waals surface area contributed by atoms with E-state index < -0.39 is 0 Å². The Morgan fingerprint density at radius 3 is 2.71 bits per heavy atom. The lowest BCUT2D eigenvalue weighted by atomic mass is 9.87. The summed E-state index contributed by atoms with van der Waals surface area (Å²) in [5.74, 6) is 0.820. The summed E-state index contributed by atoms with van der Waals surface area (Å²) >= 11 is 0. The third-order valence-electron chi connectivity index (χ3n) is 3.01. The molecule has 80 valence electrons. The Labute approximate surface area is 88.3 Å². The van der Waals surface area contributed by atoms with Crippen LogP contribution >= 0.6 is 0 Å². The van der Waals surface area contributed by atoms with Crippen molar-refractivity contribution in [2.45, 2.75) is 39.0 Å². The molecule has 1 heteroatoms. The summed E-state index contributed by atoms with van der Waals surface area (Å²) in [6.07, 6.45) is 10.7. The van der Waals surface area contributed by atoms with Gasteiger partial charge >= 0.3 is 0 Å². The highest BCUT2D eigenvalue weighted by Gasteiger charge is 2.16. The minimum Gasteiger partial charge on any atom is -0.317 e. The predicted molar refractivity (Wildman–Crippen MR) is 63.4 cm³/mol. The van der Waals surface area contributed by atoms with Crippen LogP contribution in [0.5, 0.6) is 0 Å². The van der Waals surface area contributed by atoms with E-state index in [0.717, 1.165) is 5.92 Å². The average Bonchev–Trinajstić information content (AvgIpc) is 2.25. The number of unbranched alkanes of at least 4 members (excludes halogenated alkanes) is 1. The first kappa shape index (κ1) is 11.5. The lowest BCUT2D eigenvalue weighted by Crippen LogP contribution is -2.28. The second kappa shape index (κ2) is 6.83. The molecule has 1 aliphatic heterocycles. The first-order valence-electron chi connectivity index (χ1n) is 5.90. The molecule has 0 aliphatic carbocycles. The summed E-state index contributed by atoms with van der Waals surface area (Å²) in [4.78, 5) is 0. The van der Waals surface area contributed by atoms with Crippen LogP contribution in [0, 0.1) is 5.92 Å². The summed E-state index contributed by atoms with van der Waals surface area (Å²) < 4.78 is 0. The van der Waals surface area contributed by atoms with Crippen molar-refractivity contribution in [3.8, 4) is 0 Å². The predicted octanol–water partition coefficient (Wildman–Crippen LogP) is 3.29. The van der Waals surface area contributed by atoms with Gasteiger partial charge in [0.1, 0.15) is 0 Å². The Hall–Kier alpha value is -0.560. The van der Waals surface area contributed by atoms with Gasteiger partial charge < -0.3 is 5.32 Å². The monoisotopic (exact) mass is 193 g/mol. The highest BCUT2D eigenvalue weighted by molar-refractivity contribution is 5.14. The topological polar surface area (TPSA) is 12.0 Å². The summed E-state index contributed by atoms with van der Waals surface area (Å²) in [6.45, 7) is 8.44. The van der Waals surface area contributed by atoms with E-state index in [-0.39, 0.29) is 0 Å². The van der Waals surface area contributed by atoms with E-state index in [2.05, 4.69) is 24.9 Å². The van der Waals surface area contributed by atoms with Crippen LogP contribution in [-0.2, 0) is 0 Å². The Morgan fingerprint density at radius 1 is 1.43 bits per heavy atom. The fraction of sp³-hybridized carbons (Fsp3) is 0.692. The van der Waals surface area contributed by atoms with E-state index in [9.17, 15) is 0 Å². The molecule has 0 radical (unpaired) electrons. The minimum absolute atomic E-state index is 0.820. The number of hydrogen-bond acceptors (Lipinski definition) is 1. The van der Waals surface area contributed by atoms with Gasteiger partial charge in [-0.1, -0.05) is 37.6 Å². The lowest BCUT2D eigenvalue weighted by molar-refractivity contribution is 0.409. The van der Waals surface area contributed by atoms with Crippen LogP contribution < -0.4 is 5.32 Å². The Balaban J connectivity index is 2.47. The molecule has 0 saturated carbocycles. The number of hydrogen-bond donors (Lipinski definition) is 1. The maximum atomic E-state index is 3.81. The normalized spacial score (nSPS) is 19.6. The molecule has 1 nitrogen and oxygen atoms in total. The molecule has 0 aromatic carbocycles. The van der Waals surface area contributed by atoms with Crippen LogP contribution in [0.2, 0.25) is 0 Å². The standard InChI is InChI=1S/C13H23N/c1-3-5-7-12(6-4-2)13-8-10-14-11-9-13/h4,6,13-14H,2-3,5,7-11H2,1H3/b12-6+. The molecule has 0 unspecified atom stereocenters. The van der Waals surface area contributed by atoms with Crippen LogP contribution in [0.25, 0.3) is 0 Å². The smallest absolute Gasteiger partial charge is 0.00432 e. The van der Waals surface area contributed by atoms with Crippen molar-refractivity contribution in [3.05, 3.63) is 24.3 Å². The summed E-state index contributed by atoms with van der Waals surface area (Å²) in [5.41, 5.74) is 1.63. The molecule has 0 spiro atoms. The zero-order chi connectivity index (χ0) is 10.2. The van der Waals surface area contributed by atoms with E-state index in [1.807, 2.05) is 6.08 Å². The Kier molecular flexibility index (Phi) is 5.62. The van der Waals surface area contributed by atoms with Gasteiger partial charge in [0.25, 0.3) is 0 Å². The highest BCUT2D eigenvalue weighted by Crippen LogP contribution is 2.25. The maximum Gasteiger partial charge on any atom is -0.00432 e. The molecule has 1 aliphatic rings. The molecule has 0 atom stereocenters. The Morgan fingerprint density at radius 2 is 2.14 bits per heavy atom. The zero-order valence-electron chi connectivity index (χ0n) is 9.39. The molecule has 1 rings (SSSR count). The van der Waals surface area contributed by atoms with Crippen LogP contribution in [0.1, 0.15) is 39.0 Å². The molecule has 0 aromatic heterocycles. The van der Waals surface area contributed by atoms with Gasteiger partial charge in [0, 0.05) is 0 Å². The van der Waals surface area contributed by atoms with E-state index in [1.54, 1.807) is 5.57 Å². The van der Waals surface area contributed by atoms with Crippen LogP contribution in [0.15, 0.2) is 24.3 Å². The molecule has 14 heavy (non-hydrogen) atoms. The lowest BCUT2D eigenvalue weighted by Gasteiger charge is -2.25. The minimum atomic E-state index is 0.820. The second-order valence-electron chi connectivity index (χ2n) is 4.11. The number of rotatable bonds is 5. The van der Waals surface area contributed by atoms with Gasteiger partial charge in [-0.2, -0.15) is 0 Å². The largest absolute Gasteiger partial charge is 0.317 e. The molecule has 1 heterocycles. The summed E-state index contributed by atoms with van der Waals surface area (Å²) in [6, 6.07) is 0. The molecular formula is C13H23N.